The van der Waals surface area contributed by atoms with Crippen LogP contribution in [0.4, 0.5) is 11.4 Å². The number of para-hydroxylation sites is 1. The second kappa shape index (κ2) is 7.12. The number of anilines is 2. The largest absolute Gasteiger partial charge is 0.325 e. The molecule has 7 heteroatoms. The first-order chi connectivity index (χ1) is 17.0. The van der Waals surface area contributed by atoms with Crippen molar-refractivity contribution in [2.75, 3.05) is 17.2 Å². The van der Waals surface area contributed by atoms with Crippen LogP contribution in [0, 0.1) is 5.92 Å². The zero-order valence-electron chi connectivity index (χ0n) is 19.3. The summed E-state index contributed by atoms with van der Waals surface area (Å²) in [4.78, 5) is 45.9. The van der Waals surface area contributed by atoms with Crippen molar-refractivity contribution in [3.8, 4) is 0 Å². The van der Waals surface area contributed by atoms with E-state index in [1.807, 2.05) is 53.9 Å². The van der Waals surface area contributed by atoms with Gasteiger partial charge in [-0.1, -0.05) is 43.3 Å². The van der Waals surface area contributed by atoms with E-state index in [2.05, 4.69) is 28.5 Å². The molecule has 5 heterocycles. The van der Waals surface area contributed by atoms with Gasteiger partial charge in [0.25, 0.3) is 5.91 Å². The number of fused-ring (bicyclic) bond motifs is 7. The van der Waals surface area contributed by atoms with Crippen LogP contribution in [0.3, 0.4) is 0 Å². The van der Waals surface area contributed by atoms with Gasteiger partial charge < -0.3 is 10.6 Å². The van der Waals surface area contributed by atoms with Gasteiger partial charge >= 0.3 is 0 Å². The molecular weight excluding hydrogens is 458 g/mol. The number of hydrogen-bond donors (Lipinski definition) is 2. The molecular formula is C28H25N3O3S. The Morgan fingerprint density at radius 1 is 1.03 bits per heavy atom. The Kier molecular flexibility index (Phi) is 4.28. The van der Waals surface area contributed by atoms with E-state index in [-0.39, 0.29) is 23.6 Å². The van der Waals surface area contributed by atoms with Crippen LogP contribution in [0.25, 0.3) is 0 Å². The Labute approximate surface area is 207 Å². The highest BCUT2D eigenvalue weighted by Crippen LogP contribution is 2.67. The summed E-state index contributed by atoms with van der Waals surface area (Å²) >= 11 is 1.40. The number of amides is 2. The number of nitrogens with one attached hydrogen (secondary N) is 2. The lowest BCUT2D eigenvalue weighted by atomic mass is 9.57. The lowest BCUT2D eigenvalue weighted by Crippen LogP contribution is -2.62. The lowest BCUT2D eigenvalue weighted by Gasteiger charge is -2.43. The predicted molar refractivity (Wildman–Crippen MR) is 135 cm³/mol. The quantitative estimate of drug-likeness (QED) is 0.544. The smallest absolute Gasteiger partial charge is 0.251 e. The highest BCUT2D eigenvalue weighted by Gasteiger charge is 2.81. The van der Waals surface area contributed by atoms with Crippen molar-refractivity contribution in [2.45, 2.75) is 43.2 Å². The lowest BCUT2D eigenvalue weighted by molar-refractivity contribution is -0.137. The molecule has 0 saturated carbocycles. The van der Waals surface area contributed by atoms with Crippen molar-refractivity contribution in [1.29, 1.82) is 0 Å². The maximum Gasteiger partial charge on any atom is 0.251 e. The molecule has 2 amide bonds. The van der Waals surface area contributed by atoms with Gasteiger partial charge in [-0.25, -0.2) is 0 Å². The molecule has 35 heavy (non-hydrogen) atoms. The summed E-state index contributed by atoms with van der Waals surface area (Å²) in [6.45, 7) is 2.75. The van der Waals surface area contributed by atoms with E-state index in [9.17, 15) is 14.4 Å². The zero-order chi connectivity index (χ0) is 23.9. The van der Waals surface area contributed by atoms with Crippen LogP contribution in [0.2, 0.25) is 0 Å². The second-order valence-electron chi connectivity index (χ2n) is 9.93. The second-order valence-corrected chi connectivity index (χ2v) is 10.9. The van der Waals surface area contributed by atoms with E-state index in [4.69, 9.17) is 0 Å². The number of benzene rings is 2. The molecule has 176 valence electrons. The van der Waals surface area contributed by atoms with E-state index in [0.29, 0.717) is 17.1 Å². The minimum atomic E-state index is -1.36. The van der Waals surface area contributed by atoms with Crippen molar-refractivity contribution in [3.05, 3.63) is 81.5 Å². The molecule has 7 rings (SSSR count). The highest BCUT2D eigenvalue weighted by atomic mass is 32.1. The van der Waals surface area contributed by atoms with Crippen molar-refractivity contribution >= 4 is 40.3 Å². The molecule has 2 fully saturated rings. The molecule has 2 N–H and O–H groups in total. The average Bonchev–Trinajstić information content (AvgIpc) is 3.67. The maximum atomic E-state index is 14.4. The van der Waals surface area contributed by atoms with E-state index in [1.54, 1.807) is 0 Å². The summed E-state index contributed by atoms with van der Waals surface area (Å²) in [7, 11) is 0. The van der Waals surface area contributed by atoms with E-state index in [1.165, 1.54) is 11.3 Å². The molecule has 0 radical (unpaired) electrons. The van der Waals surface area contributed by atoms with Crippen molar-refractivity contribution in [3.63, 3.8) is 0 Å². The van der Waals surface area contributed by atoms with Gasteiger partial charge in [0.2, 0.25) is 5.91 Å². The summed E-state index contributed by atoms with van der Waals surface area (Å²) in [5, 5.41) is 8.10. The van der Waals surface area contributed by atoms with Crippen molar-refractivity contribution in [2.24, 2.45) is 5.92 Å². The fourth-order valence-electron chi connectivity index (χ4n) is 7.42. The Bertz CT molecular complexity index is 1420. The molecule has 2 spiro atoms. The Balaban J connectivity index is 1.61. The number of hydrogen-bond acceptors (Lipinski definition) is 5. The number of thiophene rings is 1. The van der Waals surface area contributed by atoms with E-state index >= 15 is 0 Å². The van der Waals surface area contributed by atoms with E-state index < -0.39 is 16.9 Å². The third kappa shape index (κ3) is 2.31. The van der Waals surface area contributed by atoms with Crippen LogP contribution in [0.15, 0.2) is 60.0 Å². The van der Waals surface area contributed by atoms with Gasteiger partial charge in [0.15, 0.2) is 5.78 Å². The molecule has 3 aromatic rings. The SMILES string of the molecule is CCc1ccc2c(c1)[C@]1(C(=O)N2)N2CCC[C@H]2[C@@H](C(=O)c2cccs2)[C@]12C(=O)Nc1ccccc12. The molecule has 2 aromatic carbocycles. The molecule has 1 aromatic heterocycles. The standard InChI is InChI=1S/C28H25N3O3S/c1-2-16-11-12-20-18(15-16)28(26(34)30-20)27(17-7-3-4-8-19(17)29-25(27)33)23(21-9-5-13-31(21)28)24(32)22-10-6-14-35-22/h3-4,6-8,10-12,14-15,21,23H,2,5,9,13H2,1H3,(H,29,33)(H,30,34)/t21-,23-,27+,28+/m0/s1. The van der Waals surface area contributed by atoms with Gasteiger partial charge in [0, 0.05) is 23.0 Å². The van der Waals surface area contributed by atoms with Crippen LogP contribution in [0.1, 0.15) is 46.1 Å². The number of rotatable bonds is 3. The molecule has 0 unspecified atom stereocenters. The average molecular weight is 484 g/mol. The summed E-state index contributed by atoms with van der Waals surface area (Å²) in [6, 6.07) is 17.2. The van der Waals surface area contributed by atoms with Gasteiger partial charge in [-0.15, -0.1) is 11.3 Å². The predicted octanol–water partition coefficient (Wildman–Crippen LogP) is 4.33. The first-order valence-corrected chi connectivity index (χ1v) is 13.1. The monoisotopic (exact) mass is 483 g/mol. The van der Waals surface area contributed by atoms with Gasteiger partial charge in [-0.05, 0) is 60.5 Å². The first-order valence-electron chi connectivity index (χ1n) is 12.3. The zero-order valence-corrected chi connectivity index (χ0v) is 20.2. The minimum Gasteiger partial charge on any atom is -0.325 e. The molecule has 6 nitrogen and oxygen atoms in total. The van der Waals surface area contributed by atoms with Crippen LogP contribution in [-0.2, 0) is 27.0 Å². The fraction of sp³-hybridized carbons (Fsp3) is 0.321. The third-order valence-electron chi connectivity index (χ3n) is 8.62. The van der Waals surface area contributed by atoms with Crippen molar-refractivity contribution in [1.82, 2.24) is 4.90 Å². The molecule has 2 saturated heterocycles. The Morgan fingerprint density at radius 2 is 1.83 bits per heavy atom. The number of aryl methyl sites for hydroxylation is 1. The van der Waals surface area contributed by atoms with E-state index in [0.717, 1.165) is 41.6 Å². The number of nitrogens with zero attached hydrogens (tertiary/aromatic N) is 1. The van der Waals surface area contributed by atoms with Gasteiger partial charge in [0.1, 0.15) is 11.0 Å². The maximum absolute atomic E-state index is 14.4. The molecule has 4 aliphatic rings. The first kappa shape index (κ1) is 21.0. The fourth-order valence-corrected chi connectivity index (χ4v) is 8.12. The normalized spacial score (nSPS) is 30.4. The highest BCUT2D eigenvalue weighted by molar-refractivity contribution is 7.12. The van der Waals surface area contributed by atoms with Gasteiger partial charge in [0.05, 0.1) is 10.8 Å². The molecule has 0 bridgehead atoms. The van der Waals surface area contributed by atoms with Gasteiger partial charge in [-0.3, -0.25) is 19.3 Å². The third-order valence-corrected chi connectivity index (χ3v) is 9.50. The number of ketones is 1. The van der Waals surface area contributed by atoms with Gasteiger partial charge in [-0.2, -0.15) is 0 Å². The van der Waals surface area contributed by atoms with Crippen LogP contribution in [0.5, 0.6) is 0 Å². The summed E-state index contributed by atoms with van der Waals surface area (Å²) in [6.07, 6.45) is 2.47. The minimum absolute atomic E-state index is 0.0477. The van der Waals surface area contributed by atoms with Crippen LogP contribution in [-0.4, -0.2) is 35.1 Å². The molecule has 4 atom stereocenters. The molecule has 4 aliphatic heterocycles. The Morgan fingerprint density at radius 3 is 2.63 bits per heavy atom. The number of Topliss-reactive ketones (excluding diaryl/α,β-unsaturated/α-hetero) is 1. The summed E-state index contributed by atoms with van der Waals surface area (Å²) in [5.74, 6) is -1.18. The molecule has 0 aliphatic carbocycles. The van der Waals surface area contributed by atoms with Crippen LogP contribution < -0.4 is 10.6 Å². The summed E-state index contributed by atoms with van der Waals surface area (Å²) in [5.41, 5.74) is 1.44. The van der Waals surface area contributed by atoms with Crippen molar-refractivity contribution < 1.29 is 14.4 Å². The Hall–Kier alpha value is -3.29. The number of carbonyl (C=O) groups is 3. The topological polar surface area (TPSA) is 78.5 Å². The number of carbonyl (C=O) groups excluding carboxylic acids is 3. The van der Waals surface area contributed by atoms with Crippen LogP contribution >= 0.6 is 11.3 Å². The summed E-state index contributed by atoms with van der Waals surface area (Å²) < 4.78 is 0.